The molecule has 4 nitrogen and oxygen atoms in total. The van der Waals surface area contributed by atoms with E-state index in [0.29, 0.717) is 5.75 Å². The first-order chi connectivity index (χ1) is 11.8. The van der Waals surface area contributed by atoms with Crippen molar-refractivity contribution >= 4 is 39.2 Å². The van der Waals surface area contributed by atoms with E-state index in [9.17, 15) is 4.79 Å². The maximum Gasteiger partial charge on any atom is 0.232 e. The molecule has 0 radical (unpaired) electrons. The lowest BCUT2D eigenvalue weighted by Crippen LogP contribution is -2.33. The number of rotatable bonds is 3. The number of nitrogens with zero attached hydrogens (tertiary/aromatic N) is 3. The first-order valence-corrected chi connectivity index (χ1v) is 10.8. The second-order valence-corrected chi connectivity index (χ2v) is 8.70. The number of likely N-dealkylation sites (tertiary alicyclic amines) is 1. The number of thiophene rings is 1. The van der Waals surface area contributed by atoms with Gasteiger partial charge in [-0.15, -0.1) is 11.3 Å². The molecule has 1 saturated heterocycles. The molecule has 6 heteroatoms. The van der Waals surface area contributed by atoms with Crippen LogP contribution in [-0.4, -0.2) is 39.6 Å². The van der Waals surface area contributed by atoms with Crippen LogP contribution in [0, 0.1) is 0 Å². The lowest BCUT2D eigenvalue weighted by atomic mass is 9.97. The molecular weight excluding hydrogens is 338 g/mol. The van der Waals surface area contributed by atoms with Crippen LogP contribution in [0.2, 0.25) is 0 Å². The van der Waals surface area contributed by atoms with Crippen molar-refractivity contribution in [2.24, 2.45) is 0 Å². The second-order valence-electron chi connectivity index (χ2n) is 6.65. The standard InChI is InChI=1S/C18H23N3OS2/c22-15(21-9-5-1-2-6-10-21)11-23-17-16-13-7-3-4-8-14(13)24-18(16)20-12-19-17/h12H,1-11H2. The highest BCUT2D eigenvalue weighted by molar-refractivity contribution is 8.00. The van der Waals surface area contributed by atoms with E-state index in [2.05, 4.69) is 9.97 Å². The van der Waals surface area contributed by atoms with Gasteiger partial charge in [-0.2, -0.15) is 0 Å². The van der Waals surface area contributed by atoms with Gasteiger partial charge in [0.25, 0.3) is 0 Å². The van der Waals surface area contributed by atoms with E-state index in [1.807, 2.05) is 16.2 Å². The molecule has 24 heavy (non-hydrogen) atoms. The fraction of sp³-hybridized carbons (Fsp3) is 0.611. The average molecular weight is 362 g/mol. The zero-order valence-electron chi connectivity index (χ0n) is 13.9. The normalized spacial score (nSPS) is 18.4. The fourth-order valence-corrected chi connectivity index (χ4v) is 5.93. The highest BCUT2D eigenvalue weighted by Gasteiger charge is 2.21. The van der Waals surface area contributed by atoms with Crippen molar-refractivity contribution in [3.8, 4) is 0 Å². The topological polar surface area (TPSA) is 46.1 Å². The summed E-state index contributed by atoms with van der Waals surface area (Å²) in [5.74, 6) is 0.759. The zero-order chi connectivity index (χ0) is 16.4. The third-order valence-electron chi connectivity index (χ3n) is 5.01. The summed E-state index contributed by atoms with van der Waals surface area (Å²) in [6.45, 7) is 1.85. The van der Waals surface area contributed by atoms with Gasteiger partial charge in [0.05, 0.1) is 5.75 Å². The Bertz CT molecular complexity index is 735. The van der Waals surface area contributed by atoms with Crippen molar-refractivity contribution in [2.75, 3.05) is 18.8 Å². The van der Waals surface area contributed by atoms with Gasteiger partial charge in [-0.25, -0.2) is 9.97 Å². The summed E-state index contributed by atoms with van der Waals surface area (Å²) in [6.07, 6.45) is 11.3. The SMILES string of the molecule is O=C(CSc1ncnc2sc3c(c12)CCCC3)N1CCCCCC1. The molecule has 0 N–H and O–H groups in total. The lowest BCUT2D eigenvalue weighted by Gasteiger charge is -2.20. The van der Waals surface area contributed by atoms with Crippen LogP contribution in [0.1, 0.15) is 49.0 Å². The van der Waals surface area contributed by atoms with Crippen LogP contribution < -0.4 is 0 Å². The molecule has 1 amide bonds. The van der Waals surface area contributed by atoms with E-state index in [1.165, 1.54) is 47.9 Å². The Morgan fingerprint density at radius 1 is 1.08 bits per heavy atom. The van der Waals surface area contributed by atoms with Crippen molar-refractivity contribution in [1.29, 1.82) is 0 Å². The molecule has 0 spiro atoms. The maximum absolute atomic E-state index is 12.6. The third-order valence-corrected chi connectivity index (χ3v) is 7.18. The maximum atomic E-state index is 12.6. The van der Waals surface area contributed by atoms with E-state index in [1.54, 1.807) is 18.1 Å². The minimum atomic E-state index is 0.262. The van der Waals surface area contributed by atoms with Crippen LogP contribution in [-0.2, 0) is 17.6 Å². The number of aryl methyl sites for hydroxylation is 2. The molecule has 0 aromatic carbocycles. The second kappa shape index (κ2) is 7.40. The number of hydrogen-bond donors (Lipinski definition) is 0. The summed E-state index contributed by atoms with van der Waals surface area (Å²) in [4.78, 5) is 26.2. The number of carbonyl (C=O) groups is 1. The van der Waals surface area contributed by atoms with Gasteiger partial charge in [-0.1, -0.05) is 24.6 Å². The van der Waals surface area contributed by atoms with E-state index in [-0.39, 0.29) is 5.91 Å². The highest BCUT2D eigenvalue weighted by atomic mass is 32.2. The third kappa shape index (κ3) is 3.31. The predicted octanol–water partition coefficient (Wildman–Crippen LogP) is 4.06. The van der Waals surface area contributed by atoms with Crippen LogP contribution >= 0.6 is 23.1 Å². The number of hydrogen-bond acceptors (Lipinski definition) is 5. The van der Waals surface area contributed by atoms with Gasteiger partial charge in [0.1, 0.15) is 16.2 Å². The summed E-state index contributed by atoms with van der Waals surface area (Å²) in [5.41, 5.74) is 1.45. The van der Waals surface area contributed by atoms with Crippen LogP contribution in [0.25, 0.3) is 10.2 Å². The minimum Gasteiger partial charge on any atom is -0.342 e. The molecule has 4 rings (SSSR count). The Morgan fingerprint density at radius 3 is 2.71 bits per heavy atom. The molecule has 0 saturated carbocycles. The summed E-state index contributed by atoms with van der Waals surface area (Å²) >= 11 is 3.42. The highest BCUT2D eigenvalue weighted by Crippen LogP contribution is 2.39. The monoisotopic (exact) mass is 361 g/mol. The van der Waals surface area contributed by atoms with E-state index < -0.39 is 0 Å². The molecule has 0 unspecified atom stereocenters. The Hall–Kier alpha value is -1.14. The lowest BCUT2D eigenvalue weighted by molar-refractivity contribution is -0.128. The Balaban J connectivity index is 1.52. The summed E-state index contributed by atoms with van der Waals surface area (Å²) in [5, 5.41) is 2.23. The van der Waals surface area contributed by atoms with Crippen LogP contribution in [0.4, 0.5) is 0 Å². The van der Waals surface area contributed by atoms with Gasteiger partial charge in [-0.3, -0.25) is 4.79 Å². The number of amides is 1. The van der Waals surface area contributed by atoms with E-state index >= 15 is 0 Å². The molecule has 3 heterocycles. The average Bonchev–Trinajstić information content (AvgIpc) is 2.79. The van der Waals surface area contributed by atoms with Crippen molar-refractivity contribution in [2.45, 2.75) is 56.4 Å². The smallest absolute Gasteiger partial charge is 0.232 e. The quantitative estimate of drug-likeness (QED) is 0.611. The Morgan fingerprint density at radius 2 is 1.88 bits per heavy atom. The van der Waals surface area contributed by atoms with E-state index in [0.717, 1.165) is 42.2 Å². The van der Waals surface area contributed by atoms with Crippen LogP contribution in [0.3, 0.4) is 0 Å². The number of aromatic nitrogens is 2. The van der Waals surface area contributed by atoms with Gasteiger partial charge >= 0.3 is 0 Å². The Kier molecular flexibility index (Phi) is 5.03. The van der Waals surface area contributed by atoms with Gasteiger partial charge < -0.3 is 4.90 Å². The van der Waals surface area contributed by atoms with Crippen LogP contribution in [0.5, 0.6) is 0 Å². The predicted molar refractivity (Wildman–Crippen MR) is 99.8 cm³/mol. The number of thioether (sulfide) groups is 1. The summed E-state index contributed by atoms with van der Waals surface area (Å²) in [7, 11) is 0. The minimum absolute atomic E-state index is 0.262. The molecule has 1 fully saturated rings. The largest absolute Gasteiger partial charge is 0.342 e. The fourth-order valence-electron chi connectivity index (χ4n) is 3.71. The molecule has 1 aliphatic carbocycles. The molecule has 2 aliphatic rings. The van der Waals surface area contributed by atoms with Crippen molar-refractivity contribution in [3.63, 3.8) is 0 Å². The molecule has 0 bridgehead atoms. The van der Waals surface area contributed by atoms with Crippen molar-refractivity contribution in [1.82, 2.24) is 14.9 Å². The van der Waals surface area contributed by atoms with Gasteiger partial charge in [0.2, 0.25) is 5.91 Å². The number of fused-ring (bicyclic) bond motifs is 3. The van der Waals surface area contributed by atoms with Crippen molar-refractivity contribution < 1.29 is 4.79 Å². The summed E-state index contributed by atoms with van der Waals surface area (Å²) < 4.78 is 0. The molecule has 2 aromatic heterocycles. The molecule has 0 atom stereocenters. The first-order valence-electron chi connectivity index (χ1n) is 8.99. The first kappa shape index (κ1) is 16.3. The summed E-state index contributed by atoms with van der Waals surface area (Å²) in [6, 6.07) is 0. The molecule has 128 valence electrons. The van der Waals surface area contributed by atoms with Crippen molar-refractivity contribution in [3.05, 3.63) is 16.8 Å². The Labute approximate surface area is 151 Å². The number of carbonyl (C=O) groups excluding carboxylic acids is 1. The molecular formula is C18H23N3OS2. The van der Waals surface area contributed by atoms with E-state index in [4.69, 9.17) is 0 Å². The van der Waals surface area contributed by atoms with Gasteiger partial charge in [0, 0.05) is 23.4 Å². The molecule has 2 aromatic rings. The van der Waals surface area contributed by atoms with Crippen LogP contribution in [0.15, 0.2) is 11.4 Å². The molecule has 1 aliphatic heterocycles. The zero-order valence-corrected chi connectivity index (χ0v) is 15.6. The van der Waals surface area contributed by atoms with Gasteiger partial charge in [0.15, 0.2) is 0 Å². The van der Waals surface area contributed by atoms with Gasteiger partial charge in [-0.05, 0) is 44.1 Å².